The molecule has 2 rings (SSSR count). The molecule has 1 aromatic rings. The molecule has 20 heavy (non-hydrogen) atoms. The first-order chi connectivity index (χ1) is 9.78. The van der Waals surface area contributed by atoms with Gasteiger partial charge in [-0.1, -0.05) is 5.16 Å². The first-order valence-electron chi connectivity index (χ1n) is 6.64. The highest BCUT2D eigenvalue weighted by Crippen LogP contribution is 2.28. The van der Waals surface area contributed by atoms with Crippen LogP contribution in [0.25, 0.3) is 0 Å². The Labute approximate surface area is 119 Å². The predicted octanol–water partition coefficient (Wildman–Crippen LogP) is 0.917. The summed E-state index contributed by atoms with van der Waals surface area (Å²) in [6.07, 6.45) is 1.41. The second kappa shape index (κ2) is 7.12. The van der Waals surface area contributed by atoms with Crippen LogP contribution in [0.3, 0.4) is 0 Å². The van der Waals surface area contributed by atoms with E-state index >= 15 is 0 Å². The Morgan fingerprint density at radius 2 is 2.05 bits per heavy atom. The Bertz CT molecular complexity index is 471. The number of rotatable bonds is 5. The van der Waals surface area contributed by atoms with E-state index in [0.717, 1.165) is 49.6 Å². The highest BCUT2D eigenvalue weighted by atomic mass is 16.5. The Morgan fingerprint density at radius 3 is 2.65 bits per heavy atom. The van der Waals surface area contributed by atoms with E-state index < -0.39 is 0 Å². The molecule has 1 aliphatic rings. The molecule has 6 heteroatoms. The molecular weight excluding hydrogens is 258 g/mol. The topological polar surface area (TPSA) is 66.3 Å². The van der Waals surface area contributed by atoms with Crippen molar-refractivity contribution < 1.29 is 14.7 Å². The minimum absolute atomic E-state index is 0.646. The molecule has 1 fully saturated rings. The molecule has 0 radical (unpaired) electrons. The Balaban J connectivity index is 2.31. The van der Waals surface area contributed by atoms with Crippen molar-refractivity contribution in [2.45, 2.75) is 6.54 Å². The van der Waals surface area contributed by atoms with E-state index in [2.05, 4.69) is 15.4 Å². The van der Waals surface area contributed by atoms with Crippen molar-refractivity contribution in [2.75, 3.05) is 40.4 Å². The van der Waals surface area contributed by atoms with Crippen molar-refractivity contribution in [1.29, 1.82) is 0 Å². The molecule has 0 amide bonds. The molecule has 0 saturated carbocycles. The maximum absolute atomic E-state index is 8.86. The number of nitrogens with zero attached hydrogens (tertiary/aromatic N) is 2. The van der Waals surface area contributed by atoms with E-state index in [1.54, 1.807) is 20.3 Å². The Kier molecular flexibility index (Phi) is 5.20. The zero-order chi connectivity index (χ0) is 14.4. The van der Waals surface area contributed by atoms with Crippen LogP contribution in [0.1, 0.15) is 11.1 Å². The van der Waals surface area contributed by atoms with Crippen molar-refractivity contribution in [3.8, 4) is 11.5 Å². The summed E-state index contributed by atoms with van der Waals surface area (Å²) in [6.45, 7) is 4.75. The quantitative estimate of drug-likeness (QED) is 0.476. The van der Waals surface area contributed by atoms with Gasteiger partial charge in [-0.3, -0.25) is 4.90 Å². The summed E-state index contributed by atoms with van der Waals surface area (Å²) in [6, 6.07) is 3.75. The minimum Gasteiger partial charge on any atom is -0.497 e. The van der Waals surface area contributed by atoms with E-state index in [1.165, 1.54) is 6.21 Å². The molecular formula is C14H21N3O3. The van der Waals surface area contributed by atoms with Gasteiger partial charge in [-0.05, 0) is 11.6 Å². The van der Waals surface area contributed by atoms with Gasteiger partial charge in [-0.25, -0.2) is 0 Å². The van der Waals surface area contributed by atoms with Crippen molar-refractivity contribution >= 4 is 6.21 Å². The largest absolute Gasteiger partial charge is 0.497 e. The zero-order valence-electron chi connectivity index (χ0n) is 11.9. The smallest absolute Gasteiger partial charge is 0.131 e. The van der Waals surface area contributed by atoms with Gasteiger partial charge in [0.05, 0.1) is 20.4 Å². The van der Waals surface area contributed by atoms with Crippen LogP contribution in [-0.2, 0) is 6.54 Å². The zero-order valence-corrected chi connectivity index (χ0v) is 11.9. The van der Waals surface area contributed by atoms with Gasteiger partial charge < -0.3 is 20.0 Å². The van der Waals surface area contributed by atoms with Crippen LogP contribution >= 0.6 is 0 Å². The second-order valence-corrected chi connectivity index (χ2v) is 4.67. The Hall–Kier alpha value is -1.79. The van der Waals surface area contributed by atoms with Crippen LogP contribution in [0, 0.1) is 0 Å². The van der Waals surface area contributed by atoms with Crippen LogP contribution in [0.4, 0.5) is 0 Å². The van der Waals surface area contributed by atoms with Gasteiger partial charge in [0.15, 0.2) is 0 Å². The SMILES string of the molecule is COc1cc(CN2CCNCC2)c(/C=N/O)c(OC)c1. The summed E-state index contributed by atoms with van der Waals surface area (Å²) in [7, 11) is 3.22. The summed E-state index contributed by atoms with van der Waals surface area (Å²) >= 11 is 0. The second-order valence-electron chi connectivity index (χ2n) is 4.67. The minimum atomic E-state index is 0.646. The number of ether oxygens (including phenoxy) is 2. The van der Waals surface area contributed by atoms with Gasteiger partial charge in [0.2, 0.25) is 0 Å². The average Bonchev–Trinajstić information content (AvgIpc) is 2.50. The molecule has 1 aliphatic heterocycles. The highest BCUT2D eigenvalue weighted by molar-refractivity contribution is 5.85. The molecule has 6 nitrogen and oxygen atoms in total. The van der Waals surface area contributed by atoms with Crippen molar-refractivity contribution in [3.63, 3.8) is 0 Å². The summed E-state index contributed by atoms with van der Waals surface area (Å²) in [5.74, 6) is 1.38. The van der Waals surface area contributed by atoms with E-state index in [-0.39, 0.29) is 0 Å². The maximum atomic E-state index is 8.86. The normalized spacial score (nSPS) is 16.5. The van der Waals surface area contributed by atoms with Gasteiger partial charge in [0.1, 0.15) is 11.5 Å². The molecule has 1 heterocycles. The molecule has 0 bridgehead atoms. The third-order valence-corrected chi connectivity index (χ3v) is 3.45. The average molecular weight is 279 g/mol. The molecule has 110 valence electrons. The predicted molar refractivity (Wildman–Crippen MR) is 77.1 cm³/mol. The number of nitrogens with one attached hydrogen (secondary N) is 1. The van der Waals surface area contributed by atoms with Crippen molar-refractivity contribution in [2.24, 2.45) is 5.16 Å². The van der Waals surface area contributed by atoms with Gasteiger partial charge in [0, 0.05) is 44.4 Å². The van der Waals surface area contributed by atoms with Gasteiger partial charge in [0.25, 0.3) is 0 Å². The molecule has 0 unspecified atom stereocenters. The third kappa shape index (κ3) is 3.40. The summed E-state index contributed by atoms with van der Waals surface area (Å²) in [5.41, 5.74) is 1.82. The first kappa shape index (κ1) is 14.6. The van der Waals surface area contributed by atoms with E-state index in [0.29, 0.717) is 5.75 Å². The number of hydrogen-bond donors (Lipinski definition) is 2. The molecule has 2 N–H and O–H groups in total. The first-order valence-corrected chi connectivity index (χ1v) is 6.64. The van der Waals surface area contributed by atoms with Gasteiger partial charge in [-0.15, -0.1) is 0 Å². The van der Waals surface area contributed by atoms with Crippen LogP contribution in [-0.4, -0.2) is 56.7 Å². The van der Waals surface area contributed by atoms with Crippen LogP contribution in [0.2, 0.25) is 0 Å². The number of piperazine rings is 1. The number of oxime groups is 1. The summed E-state index contributed by atoms with van der Waals surface area (Å²) in [4.78, 5) is 2.35. The van der Waals surface area contributed by atoms with Crippen LogP contribution in [0.15, 0.2) is 17.3 Å². The molecule has 1 aromatic carbocycles. The summed E-state index contributed by atoms with van der Waals surface area (Å²) < 4.78 is 10.7. The molecule has 1 saturated heterocycles. The van der Waals surface area contributed by atoms with Crippen molar-refractivity contribution in [1.82, 2.24) is 10.2 Å². The number of benzene rings is 1. The third-order valence-electron chi connectivity index (χ3n) is 3.45. The fourth-order valence-electron chi connectivity index (χ4n) is 2.39. The van der Waals surface area contributed by atoms with Crippen LogP contribution in [0.5, 0.6) is 11.5 Å². The monoisotopic (exact) mass is 279 g/mol. The molecule has 0 aromatic heterocycles. The molecule has 0 spiro atoms. The molecule has 0 aliphatic carbocycles. The standard InChI is InChI=1S/C14H21N3O3/c1-19-12-7-11(10-17-5-3-15-4-6-17)13(9-16-18)14(8-12)20-2/h7-9,15,18H,3-6,10H2,1-2H3/b16-9+. The fourth-order valence-corrected chi connectivity index (χ4v) is 2.39. The van der Waals surface area contributed by atoms with Gasteiger partial charge >= 0.3 is 0 Å². The summed E-state index contributed by atoms with van der Waals surface area (Å²) in [5, 5.41) is 15.3. The lowest BCUT2D eigenvalue weighted by atomic mass is 10.1. The highest BCUT2D eigenvalue weighted by Gasteiger charge is 2.16. The number of methoxy groups -OCH3 is 2. The lowest BCUT2D eigenvalue weighted by molar-refractivity contribution is 0.232. The Morgan fingerprint density at radius 1 is 1.30 bits per heavy atom. The van der Waals surface area contributed by atoms with E-state index in [1.807, 2.05) is 6.07 Å². The maximum Gasteiger partial charge on any atom is 0.131 e. The van der Waals surface area contributed by atoms with Crippen molar-refractivity contribution in [3.05, 3.63) is 23.3 Å². The lowest BCUT2D eigenvalue weighted by Crippen LogP contribution is -2.43. The van der Waals surface area contributed by atoms with Crippen LogP contribution < -0.4 is 14.8 Å². The lowest BCUT2D eigenvalue weighted by Gasteiger charge is -2.28. The molecule has 0 atom stereocenters. The fraction of sp³-hybridized carbons (Fsp3) is 0.500. The van der Waals surface area contributed by atoms with E-state index in [9.17, 15) is 0 Å². The number of hydrogen-bond acceptors (Lipinski definition) is 6. The van der Waals surface area contributed by atoms with Gasteiger partial charge in [-0.2, -0.15) is 0 Å². The van der Waals surface area contributed by atoms with E-state index in [4.69, 9.17) is 14.7 Å².